The molecule has 0 spiro atoms. The van der Waals surface area contributed by atoms with Crippen molar-refractivity contribution in [3.8, 4) is 0 Å². The van der Waals surface area contributed by atoms with Crippen molar-refractivity contribution in [3.63, 3.8) is 0 Å². The summed E-state index contributed by atoms with van der Waals surface area (Å²) in [5.74, 6) is -0.530. The molecule has 0 saturated carbocycles. The molecule has 33 heavy (non-hydrogen) atoms. The number of carbonyl (C=O) groups excluding carboxylic acids is 4. The highest BCUT2D eigenvalue weighted by Crippen LogP contribution is 2.33. The van der Waals surface area contributed by atoms with Gasteiger partial charge in [0.15, 0.2) is 0 Å². The van der Waals surface area contributed by atoms with Gasteiger partial charge in [-0.15, -0.1) is 0 Å². The standard InChI is InChI=1S/C23H38N6O4/c1-22(2)18(30)26(15-24-11-7-5-8-12-24)20(32)28(22)17-29-21(33)27(19(31)23(29,3)4)16-25-13-9-6-10-14-25/h5-17H2,1-4H3. The highest BCUT2D eigenvalue weighted by molar-refractivity contribution is 6.08. The monoisotopic (exact) mass is 462 g/mol. The third-order valence-electron chi connectivity index (χ3n) is 7.67. The molecule has 4 rings (SSSR count). The minimum absolute atomic E-state index is 0.0951. The van der Waals surface area contributed by atoms with Crippen molar-refractivity contribution >= 4 is 23.9 Å². The lowest BCUT2D eigenvalue weighted by Gasteiger charge is -2.36. The first-order valence-electron chi connectivity index (χ1n) is 12.3. The van der Waals surface area contributed by atoms with E-state index in [1.165, 1.54) is 32.4 Å². The number of nitrogens with zero attached hydrogens (tertiary/aromatic N) is 6. The average molecular weight is 463 g/mol. The van der Waals surface area contributed by atoms with E-state index in [1.807, 2.05) is 0 Å². The molecule has 0 aromatic rings. The number of piperidine rings is 2. The molecule has 4 fully saturated rings. The van der Waals surface area contributed by atoms with Crippen LogP contribution in [0, 0.1) is 0 Å². The molecule has 0 aromatic heterocycles. The van der Waals surface area contributed by atoms with Crippen LogP contribution in [0.3, 0.4) is 0 Å². The lowest BCUT2D eigenvalue weighted by molar-refractivity contribution is -0.134. The topological polar surface area (TPSA) is 87.7 Å². The molecule has 0 aromatic carbocycles. The van der Waals surface area contributed by atoms with Gasteiger partial charge in [-0.2, -0.15) is 0 Å². The summed E-state index contributed by atoms with van der Waals surface area (Å²) in [4.78, 5) is 62.8. The van der Waals surface area contributed by atoms with Crippen LogP contribution in [-0.4, -0.2) is 111 Å². The molecular weight excluding hydrogens is 424 g/mol. The summed E-state index contributed by atoms with van der Waals surface area (Å²) in [7, 11) is 0. The summed E-state index contributed by atoms with van der Waals surface area (Å²) in [6.45, 7) is 10.8. The van der Waals surface area contributed by atoms with Crippen molar-refractivity contribution in [1.29, 1.82) is 0 Å². The first-order valence-corrected chi connectivity index (χ1v) is 12.3. The molecule has 0 atom stereocenters. The Morgan fingerprint density at radius 3 is 1.21 bits per heavy atom. The molecule has 0 radical (unpaired) electrons. The van der Waals surface area contributed by atoms with Crippen LogP contribution in [-0.2, 0) is 9.59 Å². The fourth-order valence-corrected chi connectivity index (χ4v) is 5.30. The SMILES string of the molecule is CC1(C)C(=O)N(CN2CCCCC2)C(=O)N1CN1C(=O)N(CN2CCCCC2)C(=O)C1(C)C. The van der Waals surface area contributed by atoms with Crippen molar-refractivity contribution in [2.75, 3.05) is 46.2 Å². The van der Waals surface area contributed by atoms with Gasteiger partial charge in [-0.05, 0) is 79.6 Å². The second-order valence-electron chi connectivity index (χ2n) is 10.8. The number of imide groups is 2. The maximum absolute atomic E-state index is 13.4. The molecule has 10 nitrogen and oxygen atoms in total. The summed E-state index contributed by atoms with van der Waals surface area (Å²) in [6.07, 6.45) is 6.60. The van der Waals surface area contributed by atoms with Crippen LogP contribution in [0.4, 0.5) is 9.59 Å². The number of amides is 6. The van der Waals surface area contributed by atoms with E-state index in [-0.39, 0.29) is 31.8 Å². The molecule has 10 heteroatoms. The van der Waals surface area contributed by atoms with Crippen LogP contribution in [0.5, 0.6) is 0 Å². The van der Waals surface area contributed by atoms with Gasteiger partial charge in [0, 0.05) is 0 Å². The molecule has 184 valence electrons. The smallest absolute Gasteiger partial charge is 0.292 e. The molecule has 0 bridgehead atoms. The number of hydrogen-bond donors (Lipinski definition) is 0. The van der Waals surface area contributed by atoms with Crippen molar-refractivity contribution in [3.05, 3.63) is 0 Å². The lowest BCUT2D eigenvalue weighted by Crippen LogP contribution is -2.55. The molecule has 4 aliphatic heterocycles. The molecule has 0 aliphatic carbocycles. The molecule has 4 aliphatic rings. The first-order chi connectivity index (χ1) is 15.5. The van der Waals surface area contributed by atoms with Gasteiger partial charge >= 0.3 is 12.1 Å². The Kier molecular flexibility index (Phi) is 6.43. The number of urea groups is 2. The van der Waals surface area contributed by atoms with Crippen LogP contribution in [0.15, 0.2) is 0 Å². The summed E-state index contributed by atoms with van der Waals surface area (Å²) < 4.78 is 0. The van der Waals surface area contributed by atoms with Crippen LogP contribution in [0.2, 0.25) is 0 Å². The molecule has 6 amide bonds. The van der Waals surface area contributed by atoms with E-state index in [1.54, 1.807) is 27.7 Å². The predicted octanol–water partition coefficient (Wildman–Crippen LogP) is 1.92. The fourth-order valence-electron chi connectivity index (χ4n) is 5.30. The van der Waals surface area contributed by atoms with Gasteiger partial charge in [0.05, 0.1) is 13.3 Å². The number of likely N-dealkylation sites (tertiary alicyclic amines) is 2. The number of hydrogen-bond acceptors (Lipinski definition) is 6. The van der Waals surface area contributed by atoms with E-state index in [2.05, 4.69) is 9.80 Å². The Morgan fingerprint density at radius 2 is 0.879 bits per heavy atom. The summed E-state index contributed by atoms with van der Waals surface area (Å²) in [5.41, 5.74) is -2.18. The van der Waals surface area contributed by atoms with Gasteiger partial charge in [-0.3, -0.25) is 29.2 Å². The highest BCUT2D eigenvalue weighted by atomic mass is 16.2. The van der Waals surface area contributed by atoms with Gasteiger partial charge in [-0.1, -0.05) is 12.8 Å². The minimum Gasteiger partial charge on any atom is -0.292 e. The van der Waals surface area contributed by atoms with E-state index in [0.29, 0.717) is 0 Å². The molecule has 4 saturated heterocycles. The third kappa shape index (κ3) is 4.23. The van der Waals surface area contributed by atoms with Crippen molar-refractivity contribution in [2.45, 2.75) is 77.3 Å². The van der Waals surface area contributed by atoms with E-state index in [9.17, 15) is 19.2 Å². The predicted molar refractivity (Wildman–Crippen MR) is 122 cm³/mol. The van der Waals surface area contributed by atoms with Crippen molar-refractivity contribution < 1.29 is 19.2 Å². The maximum Gasteiger partial charge on any atom is 0.330 e. The molecule has 4 heterocycles. The van der Waals surface area contributed by atoms with Crippen LogP contribution in [0.25, 0.3) is 0 Å². The van der Waals surface area contributed by atoms with E-state index < -0.39 is 23.1 Å². The minimum atomic E-state index is -1.09. The number of rotatable bonds is 6. The highest BCUT2D eigenvalue weighted by Gasteiger charge is 2.57. The summed E-state index contributed by atoms with van der Waals surface area (Å²) in [5, 5.41) is 0. The maximum atomic E-state index is 13.4. The molecule has 0 unspecified atom stereocenters. The zero-order valence-corrected chi connectivity index (χ0v) is 20.5. The first kappa shape index (κ1) is 23.9. The third-order valence-corrected chi connectivity index (χ3v) is 7.67. The Hall–Kier alpha value is -2.20. The van der Waals surface area contributed by atoms with Gasteiger partial charge in [0.2, 0.25) is 0 Å². The Bertz CT molecular complexity index is 750. The number of carbonyl (C=O) groups is 4. The van der Waals surface area contributed by atoms with Gasteiger partial charge in [0.25, 0.3) is 11.8 Å². The van der Waals surface area contributed by atoms with Crippen LogP contribution in [0.1, 0.15) is 66.2 Å². The van der Waals surface area contributed by atoms with Gasteiger partial charge in [-0.25, -0.2) is 19.4 Å². The normalized spacial score (nSPS) is 26.8. The van der Waals surface area contributed by atoms with Crippen molar-refractivity contribution in [2.24, 2.45) is 0 Å². The Labute approximate surface area is 196 Å². The quantitative estimate of drug-likeness (QED) is 0.561. The van der Waals surface area contributed by atoms with Crippen molar-refractivity contribution in [1.82, 2.24) is 29.4 Å². The molecular formula is C23H38N6O4. The second-order valence-corrected chi connectivity index (χ2v) is 10.8. The fraction of sp³-hybridized carbons (Fsp3) is 0.826. The average Bonchev–Trinajstić information content (AvgIpc) is 3.05. The zero-order chi connectivity index (χ0) is 24.0. The summed E-state index contributed by atoms with van der Waals surface area (Å²) in [6, 6.07) is -0.804. The van der Waals surface area contributed by atoms with E-state index in [4.69, 9.17) is 0 Å². The van der Waals surface area contributed by atoms with E-state index in [0.717, 1.165) is 51.9 Å². The van der Waals surface area contributed by atoms with Gasteiger partial charge < -0.3 is 0 Å². The van der Waals surface area contributed by atoms with Crippen LogP contribution >= 0.6 is 0 Å². The zero-order valence-electron chi connectivity index (χ0n) is 20.5. The molecule has 0 N–H and O–H groups in total. The second kappa shape index (κ2) is 8.87. The summed E-state index contributed by atoms with van der Waals surface area (Å²) >= 11 is 0. The van der Waals surface area contributed by atoms with E-state index >= 15 is 0 Å². The lowest BCUT2D eigenvalue weighted by atomic mass is 10.0. The largest absolute Gasteiger partial charge is 0.330 e. The Balaban J connectivity index is 1.50. The van der Waals surface area contributed by atoms with Gasteiger partial charge in [0.1, 0.15) is 17.7 Å². The Morgan fingerprint density at radius 1 is 0.545 bits per heavy atom. The van der Waals surface area contributed by atoms with Crippen LogP contribution < -0.4 is 0 Å².